The summed E-state index contributed by atoms with van der Waals surface area (Å²) in [7, 11) is 0. The molecule has 0 bridgehead atoms. The van der Waals surface area contributed by atoms with Crippen LogP contribution in [0, 0.1) is 17.8 Å². The van der Waals surface area contributed by atoms with E-state index in [-0.39, 0.29) is 0 Å². The maximum Gasteiger partial charge on any atom is 0.00445 e. The van der Waals surface area contributed by atoms with E-state index in [2.05, 4.69) is 6.92 Å². The summed E-state index contributed by atoms with van der Waals surface area (Å²) in [5.41, 5.74) is 5.72. The molecule has 1 nitrogen and oxygen atoms in total. The highest BCUT2D eigenvalue weighted by Crippen LogP contribution is 2.56. The van der Waals surface area contributed by atoms with E-state index in [0.29, 0.717) is 6.04 Å². The lowest BCUT2D eigenvalue weighted by atomic mass is 10.1. The van der Waals surface area contributed by atoms with Gasteiger partial charge in [-0.05, 0) is 30.6 Å². The zero-order chi connectivity index (χ0) is 5.72. The van der Waals surface area contributed by atoms with Crippen molar-refractivity contribution in [1.29, 1.82) is 0 Å². The Kier molecular flexibility index (Phi) is 0.762. The molecule has 0 amide bonds. The molecule has 1 heteroatoms. The summed E-state index contributed by atoms with van der Waals surface area (Å²) in [6.07, 6.45) is 2.62. The van der Waals surface area contributed by atoms with E-state index in [1.165, 1.54) is 12.8 Å². The molecule has 0 radical (unpaired) electrons. The van der Waals surface area contributed by atoms with E-state index in [1.54, 1.807) is 0 Å². The highest BCUT2D eigenvalue weighted by molar-refractivity contribution is 5.02. The summed E-state index contributed by atoms with van der Waals surface area (Å²) < 4.78 is 0. The number of hydrogen-bond donors (Lipinski definition) is 1. The summed E-state index contributed by atoms with van der Waals surface area (Å²) in [6.45, 7) is 2.35. The molecule has 0 saturated heterocycles. The van der Waals surface area contributed by atoms with Crippen LogP contribution < -0.4 is 5.73 Å². The largest absolute Gasteiger partial charge is 0.328 e. The Morgan fingerprint density at radius 3 is 2.12 bits per heavy atom. The molecular weight excluding hydrogens is 98.1 g/mol. The quantitative estimate of drug-likeness (QED) is 0.495. The van der Waals surface area contributed by atoms with Crippen molar-refractivity contribution in [2.75, 3.05) is 0 Å². The first kappa shape index (κ1) is 4.80. The third kappa shape index (κ3) is 0.455. The van der Waals surface area contributed by atoms with Crippen molar-refractivity contribution in [3.63, 3.8) is 0 Å². The second-order valence-corrected chi connectivity index (χ2v) is 3.42. The first-order valence-corrected chi connectivity index (χ1v) is 3.54. The summed E-state index contributed by atoms with van der Waals surface area (Å²) in [6, 6.07) is 0.557. The predicted molar refractivity (Wildman–Crippen MR) is 33.4 cm³/mol. The lowest BCUT2D eigenvalue weighted by Gasteiger charge is -2.03. The van der Waals surface area contributed by atoms with Crippen LogP contribution in [0.4, 0.5) is 0 Å². The molecule has 2 fully saturated rings. The van der Waals surface area contributed by atoms with Crippen LogP contribution in [0.25, 0.3) is 0 Å². The third-order valence-electron chi connectivity index (χ3n) is 2.91. The Morgan fingerprint density at radius 1 is 1.25 bits per heavy atom. The van der Waals surface area contributed by atoms with E-state index in [0.717, 1.165) is 17.8 Å². The number of nitrogens with two attached hydrogens (primary N) is 1. The normalized spacial score (nSPS) is 60.8. The first-order valence-electron chi connectivity index (χ1n) is 3.54. The maximum atomic E-state index is 5.72. The second kappa shape index (κ2) is 1.27. The summed E-state index contributed by atoms with van der Waals surface area (Å²) >= 11 is 0. The molecule has 2 aliphatic rings. The average Bonchev–Trinajstić information content (AvgIpc) is 2.29. The number of rotatable bonds is 0. The van der Waals surface area contributed by atoms with Gasteiger partial charge in [0.2, 0.25) is 0 Å². The standard InChI is InChI=1S/C7H13N/c1-4-6-2-5(8)3-7(4)6/h4-7H,2-3,8H2,1H3. The molecule has 0 aromatic rings. The summed E-state index contributed by atoms with van der Waals surface area (Å²) in [5, 5.41) is 0. The van der Waals surface area contributed by atoms with Crippen LogP contribution in [0.1, 0.15) is 19.8 Å². The minimum Gasteiger partial charge on any atom is -0.328 e. The molecule has 2 aliphatic carbocycles. The fourth-order valence-corrected chi connectivity index (χ4v) is 2.21. The number of fused-ring (bicyclic) bond motifs is 1. The van der Waals surface area contributed by atoms with Crippen molar-refractivity contribution < 1.29 is 0 Å². The highest BCUT2D eigenvalue weighted by Gasteiger charge is 2.51. The highest BCUT2D eigenvalue weighted by atomic mass is 14.7. The smallest absolute Gasteiger partial charge is 0.00445 e. The van der Waals surface area contributed by atoms with Crippen LogP contribution in [0.3, 0.4) is 0 Å². The predicted octanol–water partition coefficient (Wildman–Crippen LogP) is 0.990. The Labute approximate surface area is 50.3 Å². The van der Waals surface area contributed by atoms with Gasteiger partial charge in [-0.1, -0.05) is 6.92 Å². The average molecular weight is 111 g/mol. The zero-order valence-electron chi connectivity index (χ0n) is 5.30. The van der Waals surface area contributed by atoms with Crippen LogP contribution in [-0.2, 0) is 0 Å². The van der Waals surface area contributed by atoms with Crippen molar-refractivity contribution >= 4 is 0 Å². The van der Waals surface area contributed by atoms with Crippen molar-refractivity contribution in [3.05, 3.63) is 0 Å². The van der Waals surface area contributed by atoms with E-state index >= 15 is 0 Å². The van der Waals surface area contributed by atoms with Crippen LogP contribution in [0.5, 0.6) is 0 Å². The van der Waals surface area contributed by atoms with E-state index in [1.807, 2.05) is 0 Å². The summed E-state index contributed by atoms with van der Waals surface area (Å²) in [5.74, 6) is 3.09. The van der Waals surface area contributed by atoms with Gasteiger partial charge < -0.3 is 5.73 Å². The molecule has 2 rings (SSSR count). The van der Waals surface area contributed by atoms with E-state index in [4.69, 9.17) is 5.73 Å². The molecule has 0 spiro atoms. The number of hydrogen-bond acceptors (Lipinski definition) is 1. The van der Waals surface area contributed by atoms with Gasteiger partial charge in [0.05, 0.1) is 0 Å². The van der Waals surface area contributed by atoms with Crippen molar-refractivity contribution in [2.45, 2.75) is 25.8 Å². The second-order valence-electron chi connectivity index (χ2n) is 3.42. The monoisotopic (exact) mass is 111 g/mol. The molecule has 0 aromatic carbocycles. The lowest BCUT2D eigenvalue weighted by molar-refractivity contribution is 0.551. The van der Waals surface area contributed by atoms with Crippen LogP contribution in [-0.4, -0.2) is 6.04 Å². The maximum absolute atomic E-state index is 5.72. The van der Waals surface area contributed by atoms with Gasteiger partial charge in [-0.25, -0.2) is 0 Å². The van der Waals surface area contributed by atoms with Gasteiger partial charge in [-0.15, -0.1) is 0 Å². The van der Waals surface area contributed by atoms with Crippen LogP contribution in [0.2, 0.25) is 0 Å². The lowest BCUT2D eigenvalue weighted by Crippen LogP contribution is -2.17. The van der Waals surface area contributed by atoms with Gasteiger partial charge in [-0.3, -0.25) is 0 Å². The molecule has 0 heterocycles. The summed E-state index contributed by atoms with van der Waals surface area (Å²) in [4.78, 5) is 0. The molecule has 0 aromatic heterocycles. The van der Waals surface area contributed by atoms with E-state index < -0.39 is 0 Å². The van der Waals surface area contributed by atoms with Crippen LogP contribution in [0.15, 0.2) is 0 Å². The van der Waals surface area contributed by atoms with Crippen molar-refractivity contribution in [1.82, 2.24) is 0 Å². The van der Waals surface area contributed by atoms with Crippen molar-refractivity contribution in [2.24, 2.45) is 23.5 Å². The molecule has 2 N–H and O–H groups in total. The molecule has 8 heavy (non-hydrogen) atoms. The first-order chi connectivity index (χ1) is 3.79. The molecule has 0 aliphatic heterocycles. The minimum atomic E-state index is 0.557. The van der Waals surface area contributed by atoms with Gasteiger partial charge in [0.25, 0.3) is 0 Å². The SMILES string of the molecule is CC1C2CC(N)CC12. The van der Waals surface area contributed by atoms with E-state index in [9.17, 15) is 0 Å². The Balaban J connectivity index is 2.00. The molecule has 2 unspecified atom stereocenters. The molecule has 46 valence electrons. The Bertz CT molecular complexity index is 99.0. The topological polar surface area (TPSA) is 26.0 Å². The van der Waals surface area contributed by atoms with Gasteiger partial charge >= 0.3 is 0 Å². The van der Waals surface area contributed by atoms with Gasteiger partial charge in [0.1, 0.15) is 0 Å². The zero-order valence-corrected chi connectivity index (χ0v) is 5.30. The Morgan fingerprint density at radius 2 is 1.75 bits per heavy atom. The molecule has 2 saturated carbocycles. The van der Waals surface area contributed by atoms with Gasteiger partial charge in [0.15, 0.2) is 0 Å². The fourth-order valence-electron chi connectivity index (χ4n) is 2.21. The van der Waals surface area contributed by atoms with Crippen molar-refractivity contribution in [3.8, 4) is 0 Å². The van der Waals surface area contributed by atoms with Crippen LogP contribution >= 0.6 is 0 Å². The van der Waals surface area contributed by atoms with Gasteiger partial charge in [0, 0.05) is 6.04 Å². The minimum absolute atomic E-state index is 0.557. The third-order valence-corrected chi connectivity index (χ3v) is 2.91. The molecular formula is C7H13N. The fraction of sp³-hybridized carbons (Fsp3) is 1.00. The molecule has 2 atom stereocenters. The Hall–Kier alpha value is -0.0400. The van der Waals surface area contributed by atoms with Gasteiger partial charge in [-0.2, -0.15) is 0 Å².